The van der Waals surface area contributed by atoms with Crippen LogP contribution in [0.2, 0.25) is 15.5 Å². The van der Waals surface area contributed by atoms with Crippen LogP contribution in [-0.2, 0) is 25.7 Å². The first-order valence-electron chi connectivity index (χ1n) is 19.5. The molecule has 4 aliphatic heterocycles. The standard InChI is InChI=1S/C20H26ClN5.C13H19N3.C7H8Cl2N2/c1-2-4-16-18(21)23-13-24-20(16)26-11-8-14(9-12-26)17-7-6-15-5-3-10-22-19(15)25-17;1-2-11-3-4-12(16-13(11)15-7-1)10-5-8-14-9-6-10;1-2-3-5-6(8)10-4-11-7(5)9/h6-7,13-14H,2-5,8-12H2,1H3,(H,22,25);3-4,10,14H,1-2,5-9H2,(H,15,16);4H,2-3H2,1H3. The Balaban J connectivity index is 0.000000151. The first kappa shape index (κ1) is 39.4. The van der Waals surface area contributed by atoms with E-state index in [-0.39, 0.29) is 0 Å². The lowest BCUT2D eigenvalue weighted by Gasteiger charge is -2.34. The van der Waals surface area contributed by atoms with Crippen LogP contribution in [-0.4, -0.2) is 69.2 Å². The Morgan fingerprint density at radius 1 is 0.623 bits per heavy atom. The van der Waals surface area contributed by atoms with Gasteiger partial charge in [0.1, 0.15) is 45.6 Å². The molecule has 13 heteroatoms. The minimum atomic E-state index is 0.465. The van der Waals surface area contributed by atoms with Crippen molar-refractivity contribution >= 4 is 52.3 Å². The molecule has 3 N–H and O–H groups in total. The number of nitrogens with one attached hydrogen (secondary N) is 3. The quantitative estimate of drug-likeness (QED) is 0.157. The van der Waals surface area contributed by atoms with Crippen molar-refractivity contribution in [2.75, 3.05) is 54.8 Å². The fourth-order valence-corrected chi connectivity index (χ4v) is 8.32. The first-order valence-corrected chi connectivity index (χ1v) is 20.7. The number of fused-ring (bicyclic) bond motifs is 2. The average molecular weight is 780 g/mol. The van der Waals surface area contributed by atoms with Crippen LogP contribution in [0, 0.1) is 0 Å². The SMILES string of the molecule is CCCc1c(Cl)ncnc1Cl.CCCc1c(Cl)ncnc1N1CCC(c2ccc3c(n2)NCCC3)CC1.c1cc2c(nc1C1CCNCC1)NCCC2. The van der Waals surface area contributed by atoms with Gasteiger partial charge in [-0.1, -0.05) is 73.6 Å². The van der Waals surface area contributed by atoms with Crippen LogP contribution in [0.15, 0.2) is 36.9 Å². The molecular formula is C40H53Cl3N10. The molecule has 0 saturated carbocycles. The van der Waals surface area contributed by atoms with Crippen LogP contribution in [0.1, 0.15) is 111 Å². The van der Waals surface area contributed by atoms with Gasteiger partial charge in [0.15, 0.2) is 0 Å². The molecule has 8 heterocycles. The normalized spacial score (nSPS) is 17.2. The summed E-state index contributed by atoms with van der Waals surface area (Å²) in [5.74, 6) is 4.44. The van der Waals surface area contributed by atoms with Crippen LogP contribution >= 0.6 is 34.8 Å². The number of anilines is 3. The van der Waals surface area contributed by atoms with E-state index in [2.05, 4.69) is 78.9 Å². The molecular weight excluding hydrogens is 727 g/mol. The zero-order chi connectivity index (χ0) is 37.0. The van der Waals surface area contributed by atoms with Crippen molar-refractivity contribution in [2.45, 2.75) is 103 Å². The van der Waals surface area contributed by atoms with Crippen LogP contribution in [0.4, 0.5) is 17.5 Å². The lowest BCUT2D eigenvalue weighted by Crippen LogP contribution is -2.34. The molecule has 10 nitrogen and oxygen atoms in total. The lowest BCUT2D eigenvalue weighted by atomic mass is 9.92. The van der Waals surface area contributed by atoms with Gasteiger partial charge in [-0.3, -0.25) is 0 Å². The molecule has 4 aliphatic rings. The zero-order valence-corrected chi connectivity index (χ0v) is 33.4. The van der Waals surface area contributed by atoms with Gasteiger partial charge >= 0.3 is 0 Å². The number of halogens is 3. The first-order chi connectivity index (χ1) is 25.9. The lowest BCUT2D eigenvalue weighted by molar-refractivity contribution is 0.453. The maximum Gasteiger partial charge on any atom is 0.137 e. The highest BCUT2D eigenvalue weighted by atomic mass is 35.5. The monoisotopic (exact) mass is 778 g/mol. The molecule has 2 saturated heterocycles. The Bertz CT molecular complexity index is 1760. The van der Waals surface area contributed by atoms with E-state index in [0.29, 0.717) is 27.3 Å². The summed E-state index contributed by atoms with van der Waals surface area (Å²) >= 11 is 17.9. The third-order valence-electron chi connectivity index (χ3n) is 10.5. The zero-order valence-electron chi connectivity index (χ0n) is 31.1. The molecule has 53 heavy (non-hydrogen) atoms. The van der Waals surface area contributed by atoms with Crippen molar-refractivity contribution in [3.8, 4) is 0 Å². The van der Waals surface area contributed by atoms with E-state index in [1.54, 1.807) is 6.33 Å². The van der Waals surface area contributed by atoms with Gasteiger partial charge in [-0.2, -0.15) is 0 Å². The maximum atomic E-state index is 6.32. The summed E-state index contributed by atoms with van der Waals surface area (Å²) in [5.41, 5.74) is 7.20. The van der Waals surface area contributed by atoms with Gasteiger partial charge in [-0.05, 0) is 101 Å². The topological polar surface area (TPSA) is 117 Å². The molecule has 0 bridgehead atoms. The fourth-order valence-electron chi connectivity index (χ4n) is 7.59. The molecule has 0 aromatic carbocycles. The van der Waals surface area contributed by atoms with E-state index < -0.39 is 0 Å². The molecule has 0 radical (unpaired) electrons. The van der Waals surface area contributed by atoms with Crippen molar-refractivity contribution in [1.29, 1.82) is 0 Å². The highest BCUT2D eigenvalue weighted by molar-refractivity contribution is 6.34. The summed E-state index contributed by atoms with van der Waals surface area (Å²) in [6, 6.07) is 9.00. The van der Waals surface area contributed by atoms with Crippen LogP contribution < -0.4 is 20.9 Å². The Hall–Kier alpha value is -3.31. The fraction of sp³-hybridized carbons (Fsp3) is 0.550. The minimum absolute atomic E-state index is 0.465. The molecule has 8 rings (SSSR count). The molecule has 4 aromatic heterocycles. The average Bonchev–Trinajstić information content (AvgIpc) is 3.21. The third kappa shape index (κ3) is 10.5. The summed E-state index contributed by atoms with van der Waals surface area (Å²) in [6.07, 6.45) is 16.2. The van der Waals surface area contributed by atoms with Gasteiger partial charge in [-0.15, -0.1) is 0 Å². The van der Waals surface area contributed by atoms with Crippen LogP contribution in [0.3, 0.4) is 0 Å². The number of nitrogens with zero attached hydrogens (tertiary/aromatic N) is 7. The number of pyridine rings is 2. The number of hydrogen-bond acceptors (Lipinski definition) is 10. The summed E-state index contributed by atoms with van der Waals surface area (Å²) in [4.78, 5) is 28.5. The van der Waals surface area contributed by atoms with Gasteiger partial charge in [0.05, 0.1) is 0 Å². The molecule has 0 aliphatic carbocycles. The van der Waals surface area contributed by atoms with E-state index >= 15 is 0 Å². The van der Waals surface area contributed by atoms with Gasteiger partial charge in [-0.25, -0.2) is 29.9 Å². The Kier molecular flexibility index (Phi) is 14.8. The molecule has 0 atom stereocenters. The van der Waals surface area contributed by atoms with Gasteiger partial charge in [0.2, 0.25) is 0 Å². The summed E-state index contributed by atoms with van der Waals surface area (Å²) in [7, 11) is 0. The number of aromatic nitrogens is 6. The maximum absolute atomic E-state index is 6.32. The molecule has 284 valence electrons. The van der Waals surface area contributed by atoms with Crippen molar-refractivity contribution in [3.63, 3.8) is 0 Å². The Labute approximate surface area is 329 Å². The molecule has 0 spiro atoms. The summed E-state index contributed by atoms with van der Waals surface area (Å²) in [5, 5.41) is 11.8. The minimum Gasteiger partial charge on any atom is -0.370 e. The van der Waals surface area contributed by atoms with Gasteiger partial charge < -0.3 is 20.9 Å². The van der Waals surface area contributed by atoms with Crippen LogP contribution in [0.5, 0.6) is 0 Å². The van der Waals surface area contributed by atoms with Crippen molar-refractivity contribution in [2.24, 2.45) is 0 Å². The van der Waals surface area contributed by atoms with Gasteiger partial charge in [0, 0.05) is 60.5 Å². The van der Waals surface area contributed by atoms with Gasteiger partial charge in [0.25, 0.3) is 0 Å². The predicted octanol–water partition coefficient (Wildman–Crippen LogP) is 8.86. The largest absolute Gasteiger partial charge is 0.370 e. The van der Waals surface area contributed by atoms with E-state index in [1.807, 2.05) is 0 Å². The van der Waals surface area contributed by atoms with E-state index in [9.17, 15) is 0 Å². The number of rotatable bonds is 7. The van der Waals surface area contributed by atoms with Crippen molar-refractivity contribution in [3.05, 3.63) is 86.0 Å². The molecule has 2 fully saturated rings. The molecule has 0 unspecified atom stereocenters. The van der Waals surface area contributed by atoms with E-state index in [4.69, 9.17) is 44.8 Å². The molecule has 4 aromatic rings. The number of hydrogen-bond donors (Lipinski definition) is 3. The summed E-state index contributed by atoms with van der Waals surface area (Å²) in [6.45, 7) is 10.6. The van der Waals surface area contributed by atoms with E-state index in [0.717, 1.165) is 113 Å². The van der Waals surface area contributed by atoms with Crippen LogP contribution in [0.25, 0.3) is 0 Å². The second-order valence-electron chi connectivity index (χ2n) is 14.2. The van der Waals surface area contributed by atoms with E-state index in [1.165, 1.54) is 60.9 Å². The van der Waals surface area contributed by atoms with Crippen molar-refractivity contribution < 1.29 is 0 Å². The predicted molar refractivity (Wildman–Crippen MR) is 218 cm³/mol. The highest BCUT2D eigenvalue weighted by Crippen LogP contribution is 2.34. The third-order valence-corrected chi connectivity index (χ3v) is 11.5. The number of aryl methyl sites for hydroxylation is 2. The number of piperidine rings is 2. The Morgan fingerprint density at radius 3 is 1.66 bits per heavy atom. The highest BCUT2D eigenvalue weighted by Gasteiger charge is 2.26. The summed E-state index contributed by atoms with van der Waals surface area (Å²) < 4.78 is 0. The van der Waals surface area contributed by atoms with Crippen molar-refractivity contribution in [1.82, 2.24) is 35.2 Å². The smallest absolute Gasteiger partial charge is 0.137 e. The second-order valence-corrected chi connectivity index (χ2v) is 15.3. The molecule has 0 amide bonds. The second kappa shape index (κ2) is 19.9. The Morgan fingerprint density at radius 2 is 1.11 bits per heavy atom.